The van der Waals surface area contributed by atoms with Gasteiger partial charge in [0.05, 0.1) is 0 Å². The minimum atomic E-state index is -1.31. The predicted molar refractivity (Wildman–Crippen MR) is 40.4 cm³/mol. The third kappa shape index (κ3) is 4.58. The van der Waals surface area contributed by atoms with E-state index in [4.69, 9.17) is 0 Å². The Hall–Kier alpha value is 0.0801. The fraction of sp³-hybridized carbons (Fsp3) is 0.500. The van der Waals surface area contributed by atoms with Crippen molar-refractivity contribution >= 4 is 28.0 Å². The van der Waals surface area contributed by atoms with E-state index >= 15 is 0 Å². The monoisotopic (exact) mass is 229 g/mol. The molecule has 0 N–H and O–H groups in total. The molecule has 0 bridgehead atoms. The molecule has 0 fully saturated rings. The number of allylic oxidation sites excluding steroid dienone is 1. The van der Waals surface area contributed by atoms with Gasteiger partial charge in [0.15, 0.2) is 0 Å². The minimum absolute atomic E-state index is 0.810. The molecular weight excluding hydrogens is 217 g/mol. The molecule has 0 aliphatic heterocycles. The summed E-state index contributed by atoms with van der Waals surface area (Å²) < 4.78 is 6.73. The van der Waals surface area contributed by atoms with Crippen molar-refractivity contribution in [3.8, 4) is 0 Å². The van der Waals surface area contributed by atoms with Crippen molar-refractivity contribution in [2.75, 3.05) is 7.05 Å². The fourth-order valence-electron chi connectivity index (χ4n) is 0.343. The molecule has 3 heteroatoms. The third-order valence-electron chi connectivity index (χ3n) is 1.21. The Morgan fingerprint density at radius 2 is 2.00 bits per heavy atom. The molecule has 0 radical (unpaired) electrons. The summed E-state index contributed by atoms with van der Waals surface area (Å²) in [5.41, 5.74) is 0. The Bertz CT molecular complexity index is 112. The molecule has 0 aromatic heterocycles. The van der Waals surface area contributed by atoms with Gasteiger partial charge in [-0.25, -0.2) is 0 Å². The number of carbonyl (C=O) groups excluding carboxylic acids is 1. The molecule has 0 aliphatic rings. The van der Waals surface area contributed by atoms with Gasteiger partial charge in [0.2, 0.25) is 0 Å². The summed E-state index contributed by atoms with van der Waals surface area (Å²) in [5.74, 6) is 0. The molecule has 0 saturated heterocycles. The van der Waals surface area contributed by atoms with Gasteiger partial charge in [-0.1, -0.05) is 0 Å². The molecule has 0 heterocycles. The molecule has 0 rings (SSSR count). The van der Waals surface area contributed by atoms with E-state index in [-0.39, 0.29) is 0 Å². The van der Waals surface area contributed by atoms with E-state index in [9.17, 15) is 4.79 Å². The van der Waals surface area contributed by atoms with Crippen LogP contribution in [0.3, 0.4) is 0 Å². The van der Waals surface area contributed by atoms with Crippen molar-refractivity contribution in [1.29, 1.82) is 0 Å². The van der Waals surface area contributed by atoms with E-state index in [2.05, 4.69) is 12.2 Å². The first-order valence-corrected chi connectivity index (χ1v) is 11.1. The fourth-order valence-corrected chi connectivity index (χ4v) is 1.61. The van der Waals surface area contributed by atoms with Crippen molar-refractivity contribution in [3.63, 3.8) is 0 Å². The van der Waals surface area contributed by atoms with Crippen molar-refractivity contribution in [2.24, 2.45) is 0 Å². The zero-order valence-electron chi connectivity index (χ0n) is 6.16. The third-order valence-corrected chi connectivity index (χ3v) is 6.36. The van der Waals surface area contributed by atoms with Crippen LogP contribution in [-0.2, 0) is 4.79 Å². The summed E-state index contributed by atoms with van der Waals surface area (Å²) >= 11 is -1.31. The quantitative estimate of drug-likeness (QED) is 0.528. The van der Waals surface area contributed by atoms with E-state index < -0.39 is 21.7 Å². The van der Waals surface area contributed by atoms with Gasteiger partial charge in [-0.15, -0.1) is 0 Å². The molecule has 0 unspecified atom stereocenters. The van der Waals surface area contributed by atoms with Gasteiger partial charge < -0.3 is 0 Å². The Kier molecular flexibility index (Phi) is 4.96. The molecule has 0 aromatic carbocycles. The molecular formula is C6H12InNO. The predicted octanol–water partition coefficient (Wildman–Crippen LogP) is 0.882. The Morgan fingerprint density at radius 1 is 1.44 bits per heavy atom. The van der Waals surface area contributed by atoms with Gasteiger partial charge >= 0.3 is 64.4 Å². The average molecular weight is 229 g/mol. The molecule has 50 valence electrons. The van der Waals surface area contributed by atoms with Gasteiger partial charge in [-0.2, -0.15) is 0 Å². The molecule has 2 nitrogen and oxygen atoms in total. The van der Waals surface area contributed by atoms with Crippen molar-refractivity contribution < 1.29 is 4.79 Å². The normalized spacial score (nSPS) is 9.67. The second-order valence-electron chi connectivity index (χ2n) is 2.24. The summed E-state index contributed by atoms with van der Waals surface area (Å²) in [6, 6.07) is 0. The molecule has 0 saturated carbocycles. The summed E-state index contributed by atoms with van der Waals surface area (Å²) in [6.07, 6.45) is 4.20. The molecule has 0 amide bonds. The van der Waals surface area contributed by atoms with E-state index in [0.29, 0.717) is 0 Å². The molecule has 9 heavy (non-hydrogen) atoms. The van der Waals surface area contributed by atoms with Crippen LogP contribution in [0.2, 0.25) is 9.36 Å². The van der Waals surface area contributed by atoms with E-state index in [1.54, 1.807) is 0 Å². The van der Waals surface area contributed by atoms with Crippen molar-refractivity contribution in [1.82, 2.24) is 2.89 Å². The van der Waals surface area contributed by atoms with Gasteiger partial charge in [0.25, 0.3) is 0 Å². The van der Waals surface area contributed by atoms with Crippen molar-refractivity contribution in [2.45, 2.75) is 9.36 Å². The molecule has 0 aromatic rings. The zero-order chi connectivity index (χ0) is 7.28. The van der Waals surface area contributed by atoms with Crippen LogP contribution in [-0.4, -0.2) is 37.9 Å². The first-order chi connectivity index (χ1) is 4.18. The van der Waals surface area contributed by atoms with E-state index in [1.165, 1.54) is 6.08 Å². The summed E-state index contributed by atoms with van der Waals surface area (Å²) in [4.78, 5) is 9.84. The van der Waals surface area contributed by atoms with Crippen LogP contribution in [0.15, 0.2) is 12.3 Å². The van der Waals surface area contributed by atoms with Gasteiger partial charge in [0, 0.05) is 0 Å². The van der Waals surface area contributed by atoms with Crippen LogP contribution < -0.4 is 0 Å². The number of hydrogen-bond acceptors (Lipinski definition) is 2. The van der Waals surface area contributed by atoms with Crippen LogP contribution in [0.25, 0.3) is 0 Å². The number of nitrogens with zero attached hydrogens (tertiary/aromatic N) is 1. The van der Waals surface area contributed by atoms with Crippen LogP contribution in [0.5, 0.6) is 0 Å². The molecule has 0 aliphatic carbocycles. The molecule has 0 spiro atoms. The van der Waals surface area contributed by atoms with Crippen LogP contribution in [0.1, 0.15) is 0 Å². The number of carbonyl (C=O) groups is 1. The van der Waals surface area contributed by atoms with Gasteiger partial charge in [-0.05, 0) is 0 Å². The number of rotatable bonds is 3. The second kappa shape index (κ2) is 4.91. The number of hydrogen-bond donors (Lipinski definition) is 0. The van der Waals surface area contributed by atoms with Gasteiger partial charge in [0.1, 0.15) is 0 Å². The summed E-state index contributed by atoms with van der Waals surface area (Å²) in [6.45, 7) is 0. The Morgan fingerprint density at radius 3 is 2.33 bits per heavy atom. The zero-order valence-corrected chi connectivity index (χ0v) is 9.46. The van der Waals surface area contributed by atoms with Crippen LogP contribution >= 0.6 is 0 Å². The maximum absolute atomic E-state index is 9.84. The Balaban J connectivity index is 3.61. The van der Waals surface area contributed by atoms with E-state index in [1.807, 2.05) is 13.2 Å². The summed E-state index contributed by atoms with van der Waals surface area (Å²) in [5, 5.41) is 0. The molecule has 0 atom stereocenters. The standard InChI is InChI=1S/C4H7NO.2CH3.In/c1-5-3-2-4-6;;;/h2-4H,1H3,(H,5,6);2*1H3;/q;;;+1/p-1. The SMILES string of the molecule is C[N](/C=C\C=O)[In]([CH3])[CH3]. The van der Waals surface area contributed by atoms with Crippen molar-refractivity contribution in [3.05, 3.63) is 12.3 Å². The average Bonchev–Trinajstić information content (AvgIpc) is 1.82. The first kappa shape index (κ1) is 9.08. The van der Waals surface area contributed by atoms with Crippen LogP contribution in [0.4, 0.5) is 0 Å². The Labute approximate surface area is 64.5 Å². The topological polar surface area (TPSA) is 20.3 Å². The number of aldehydes is 1. The first-order valence-electron chi connectivity index (χ1n) is 3.02. The van der Waals surface area contributed by atoms with E-state index in [0.717, 1.165) is 6.29 Å². The van der Waals surface area contributed by atoms with Gasteiger partial charge in [-0.3, -0.25) is 0 Å². The second-order valence-corrected chi connectivity index (χ2v) is 10.8. The maximum atomic E-state index is 9.84. The van der Waals surface area contributed by atoms with Crippen LogP contribution in [0, 0.1) is 0 Å². The summed E-state index contributed by atoms with van der Waals surface area (Å²) in [7, 11) is 2.03.